The van der Waals surface area contributed by atoms with Crippen molar-refractivity contribution >= 4 is 5.97 Å². The van der Waals surface area contributed by atoms with E-state index in [1.54, 1.807) is 0 Å². The number of aliphatic hydroxyl groups excluding tert-OH is 1. The van der Waals surface area contributed by atoms with Gasteiger partial charge in [-0.15, -0.1) is 0 Å². The summed E-state index contributed by atoms with van der Waals surface area (Å²) in [5, 5.41) is 10.9. The van der Waals surface area contributed by atoms with E-state index in [0.29, 0.717) is 17.8 Å². The largest absolute Gasteiger partial charge is 0.455 e. The van der Waals surface area contributed by atoms with Gasteiger partial charge in [0.25, 0.3) is 0 Å². The minimum absolute atomic E-state index is 0.0554. The van der Waals surface area contributed by atoms with Gasteiger partial charge in [0.1, 0.15) is 5.41 Å². The fourth-order valence-electron chi connectivity index (χ4n) is 11.1. The van der Waals surface area contributed by atoms with Crippen LogP contribution in [0.3, 0.4) is 0 Å². The Morgan fingerprint density at radius 1 is 1.09 bits per heavy atom. The fraction of sp³-hybridized carbons (Fsp3) is 0.900. The van der Waals surface area contributed by atoms with Crippen LogP contribution in [-0.4, -0.2) is 34.5 Å². The summed E-state index contributed by atoms with van der Waals surface area (Å²) in [5.74, 6) is 1.48. The van der Waals surface area contributed by atoms with Gasteiger partial charge in [-0.1, -0.05) is 46.3 Å². The minimum Gasteiger partial charge on any atom is -0.455 e. The van der Waals surface area contributed by atoms with Crippen LogP contribution >= 0.6 is 0 Å². The van der Waals surface area contributed by atoms with Gasteiger partial charge in [-0.05, 0) is 100 Å². The quantitative estimate of drug-likeness (QED) is 0.302. The highest BCUT2D eigenvalue weighted by molar-refractivity contribution is 5.87. The molecular weight excluding hydrogens is 424 g/mol. The first-order chi connectivity index (χ1) is 15.8. The van der Waals surface area contributed by atoms with Crippen LogP contribution in [0.25, 0.3) is 0 Å². The van der Waals surface area contributed by atoms with Crippen LogP contribution in [0.15, 0.2) is 11.6 Å². The van der Waals surface area contributed by atoms with Gasteiger partial charge in [0.15, 0.2) is 11.2 Å². The van der Waals surface area contributed by atoms with Crippen LogP contribution in [0.4, 0.5) is 0 Å². The van der Waals surface area contributed by atoms with E-state index in [4.69, 9.17) is 9.47 Å². The van der Waals surface area contributed by atoms with Crippen molar-refractivity contribution in [3.8, 4) is 0 Å². The lowest BCUT2D eigenvalue weighted by Crippen LogP contribution is -2.73. The van der Waals surface area contributed by atoms with Crippen molar-refractivity contribution in [3.05, 3.63) is 11.6 Å². The molecule has 4 nitrogen and oxygen atoms in total. The highest BCUT2D eigenvalue weighted by Gasteiger charge is 2.97. The number of epoxide rings is 1. The van der Waals surface area contributed by atoms with Gasteiger partial charge in [-0.3, -0.25) is 4.79 Å². The van der Waals surface area contributed by atoms with E-state index >= 15 is 0 Å². The summed E-state index contributed by atoms with van der Waals surface area (Å²) in [5.41, 5.74) is -0.467. The number of carbonyl (C=O) groups is 1. The molecule has 4 heteroatoms. The predicted molar refractivity (Wildman–Crippen MR) is 132 cm³/mol. The Bertz CT molecular complexity index is 949. The van der Waals surface area contributed by atoms with E-state index in [1.807, 2.05) is 0 Å². The summed E-state index contributed by atoms with van der Waals surface area (Å²) < 4.78 is 13.7. The van der Waals surface area contributed by atoms with Crippen molar-refractivity contribution in [3.63, 3.8) is 0 Å². The van der Waals surface area contributed by atoms with E-state index in [0.717, 1.165) is 51.4 Å². The number of allylic oxidation sites excluding steroid dienone is 2. The smallest absolute Gasteiger partial charge is 0.316 e. The number of fused-ring (bicyclic) bond motifs is 1. The SMILES string of the molecule is CC(C)=CCCC(C)C1CCC23C(=O)OC4(CCC12C)C1(C)CCC(O)C(C)(C)C1CC1OC143. The molecule has 4 saturated carbocycles. The van der Waals surface area contributed by atoms with Crippen molar-refractivity contribution in [2.75, 3.05) is 0 Å². The zero-order chi connectivity index (χ0) is 24.5. The molecule has 34 heavy (non-hydrogen) atoms. The van der Waals surface area contributed by atoms with Gasteiger partial charge in [0, 0.05) is 5.41 Å². The minimum atomic E-state index is -0.526. The standard InChI is InChI=1S/C30H46O4/c1-18(2)9-8-10-19(3)20-11-14-28-24(32)34-29(16-15-26(20,28)6)27(7)13-12-22(31)25(4,5)21(27)17-23-30(28,29)33-23/h9,19-23,31H,8,10-17H2,1-7H3. The average Bonchev–Trinajstić information content (AvgIpc) is 3.35. The summed E-state index contributed by atoms with van der Waals surface area (Å²) in [4.78, 5) is 14.2. The monoisotopic (exact) mass is 470 g/mol. The molecule has 0 aromatic heterocycles. The molecule has 2 heterocycles. The molecular formula is C30H46O4. The number of aliphatic hydroxyl groups is 1. The number of rotatable bonds is 4. The molecule has 2 bridgehead atoms. The lowest BCUT2D eigenvalue weighted by Gasteiger charge is -2.65. The summed E-state index contributed by atoms with van der Waals surface area (Å²) >= 11 is 0. The third kappa shape index (κ3) is 2.25. The van der Waals surface area contributed by atoms with Crippen molar-refractivity contribution in [1.82, 2.24) is 0 Å². The number of ether oxygens (including phenoxy) is 2. The zero-order valence-corrected chi connectivity index (χ0v) is 22.5. The Hall–Kier alpha value is -0.870. The summed E-state index contributed by atoms with van der Waals surface area (Å²) in [6.45, 7) is 16.0. The summed E-state index contributed by atoms with van der Waals surface area (Å²) in [7, 11) is 0. The Balaban J connectivity index is 1.41. The van der Waals surface area contributed by atoms with Gasteiger partial charge in [0.05, 0.1) is 12.2 Å². The molecule has 0 amide bonds. The summed E-state index contributed by atoms with van der Waals surface area (Å²) in [6, 6.07) is 0. The Labute approximate surface area is 206 Å². The second-order valence-corrected chi connectivity index (χ2v) is 14.4. The van der Waals surface area contributed by atoms with Crippen LogP contribution in [0, 0.1) is 39.4 Å². The van der Waals surface area contributed by atoms with Crippen molar-refractivity contribution in [2.45, 2.75) is 130 Å². The fourth-order valence-corrected chi connectivity index (χ4v) is 11.1. The van der Waals surface area contributed by atoms with Gasteiger partial charge >= 0.3 is 5.97 Å². The van der Waals surface area contributed by atoms with Crippen LogP contribution < -0.4 is 0 Å². The van der Waals surface area contributed by atoms with E-state index < -0.39 is 16.6 Å². The number of carbonyl (C=O) groups excluding carboxylic acids is 1. The maximum atomic E-state index is 14.2. The molecule has 0 radical (unpaired) electrons. The second kappa shape index (κ2) is 6.71. The second-order valence-electron chi connectivity index (χ2n) is 14.4. The molecule has 2 saturated heterocycles. The molecule has 6 rings (SSSR count). The number of hydrogen-bond acceptors (Lipinski definition) is 4. The normalized spacial score (nSPS) is 54.8. The molecule has 2 spiro atoms. The lowest BCUT2D eigenvalue weighted by atomic mass is 9.37. The van der Waals surface area contributed by atoms with Crippen LogP contribution in [0.1, 0.15) is 106 Å². The molecule has 0 aromatic rings. The molecule has 2 aliphatic heterocycles. The lowest BCUT2D eigenvalue weighted by molar-refractivity contribution is -0.232. The number of hydrogen-bond donors (Lipinski definition) is 1. The predicted octanol–water partition coefficient (Wildman–Crippen LogP) is 6.21. The molecule has 10 unspecified atom stereocenters. The third-order valence-corrected chi connectivity index (χ3v) is 12.9. The molecule has 10 atom stereocenters. The molecule has 6 aliphatic rings. The number of esters is 1. The summed E-state index contributed by atoms with van der Waals surface area (Å²) in [6.07, 6.45) is 11.1. The maximum absolute atomic E-state index is 14.2. The van der Waals surface area contributed by atoms with Crippen molar-refractivity contribution < 1.29 is 19.4 Å². The maximum Gasteiger partial charge on any atom is 0.316 e. The van der Waals surface area contributed by atoms with E-state index in [9.17, 15) is 9.90 Å². The molecule has 0 aromatic carbocycles. The van der Waals surface area contributed by atoms with Gasteiger partial charge in [-0.25, -0.2) is 0 Å². The first kappa shape index (κ1) is 23.5. The topological polar surface area (TPSA) is 59.1 Å². The zero-order valence-electron chi connectivity index (χ0n) is 22.5. The first-order valence-electron chi connectivity index (χ1n) is 14.1. The third-order valence-electron chi connectivity index (χ3n) is 12.9. The Morgan fingerprint density at radius 3 is 2.53 bits per heavy atom. The van der Waals surface area contributed by atoms with Crippen LogP contribution in [0.2, 0.25) is 0 Å². The average molecular weight is 471 g/mol. The van der Waals surface area contributed by atoms with Gasteiger partial charge < -0.3 is 14.6 Å². The van der Waals surface area contributed by atoms with E-state index in [1.165, 1.54) is 12.0 Å². The Kier molecular flexibility index (Phi) is 4.64. The van der Waals surface area contributed by atoms with Crippen LogP contribution in [0.5, 0.6) is 0 Å². The molecule has 4 aliphatic carbocycles. The van der Waals surface area contributed by atoms with Crippen LogP contribution in [-0.2, 0) is 14.3 Å². The van der Waals surface area contributed by atoms with Gasteiger partial charge in [-0.2, -0.15) is 0 Å². The molecule has 6 fully saturated rings. The van der Waals surface area contributed by atoms with E-state index in [2.05, 4.69) is 54.5 Å². The highest BCUT2D eigenvalue weighted by atomic mass is 16.7. The van der Waals surface area contributed by atoms with Crippen molar-refractivity contribution in [1.29, 1.82) is 0 Å². The first-order valence-corrected chi connectivity index (χ1v) is 14.1. The molecule has 1 N–H and O–H groups in total. The van der Waals surface area contributed by atoms with Gasteiger partial charge in [0.2, 0.25) is 0 Å². The van der Waals surface area contributed by atoms with E-state index in [-0.39, 0.29) is 34.4 Å². The Morgan fingerprint density at radius 2 is 1.82 bits per heavy atom. The highest BCUT2D eigenvalue weighted by Crippen LogP contribution is 2.86. The molecule has 190 valence electrons. The van der Waals surface area contributed by atoms with Crippen molar-refractivity contribution in [2.24, 2.45) is 39.4 Å².